The monoisotopic (exact) mass is 372 g/mol. The van der Waals surface area contributed by atoms with E-state index in [-0.39, 0.29) is 0 Å². The summed E-state index contributed by atoms with van der Waals surface area (Å²) < 4.78 is 18.5. The first-order valence-electron chi connectivity index (χ1n) is 7.94. The summed E-state index contributed by atoms with van der Waals surface area (Å²) in [6.07, 6.45) is 0. The molecule has 3 rings (SSSR count). The van der Waals surface area contributed by atoms with Crippen LogP contribution in [0.15, 0.2) is 42.5 Å². The number of benzene rings is 2. The van der Waals surface area contributed by atoms with Crippen molar-refractivity contribution in [2.24, 2.45) is 0 Å². The Morgan fingerprint density at radius 1 is 1.00 bits per heavy atom. The molecule has 1 heterocycles. The molecule has 3 aromatic rings. The third kappa shape index (κ3) is 3.36. The molecule has 0 saturated carbocycles. The number of aromatic amines is 1. The Morgan fingerprint density at radius 3 is 2.38 bits per heavy atom. The van der Waals surface area contributed by atoms with Gasteiger partial charge in [-0.1, -0.05) is 30.3 Å². The quantitative estimate of drug-likeness (QED) is 0.620. The maximum atomic E-state index is 5.52. The second kappa shape index (κ2) is 7.92. The summed E-state index contributed by atoms with van der Waals surface area (Å²) in [6.45, 7) is 0.456. The van der Waals surface area contributed by atoms with Crippen molar-refractivity contribution in [3.63, 3.8) is 0 Å². The molecule has 136 valence electrons. The van der Waals surface area contributed by atoms with Crippen LogP contribution in [0.4, 0.5) is 0 Å². The Hall–Kier alpha value is -3.00. The van der Waals surface area contributed by atoms with E-state index in [0.717, 1.165) is 11.1 Å². The van der Waals surface area contributed by atoms with Crippen molar-refractivity contribution in [2.45, 2.75) is 6.54 Å². The zero-order valence-corrected chi connectivity index (χ0v) is 15.6. The predicted octanol–water partition coefficient (Wildman–Crippen LogP) is 3.38. The van der Waals surface area contributed by atoms with Crippen molar-refractivity contribution in [1.29, 1.82) is 0 Å². The topological polar surface area (TPSA) is 73.3 Å². The number of nitrogens with zero attached hydrogens (tertiary/aromatic N) is 2. The fraction of sp³-hybridized carbons (Fsp3) is 0.222. The van der Waals surface area contributed by atoms with Gasteiger partial charge in [0.2, 0.25) is 10.5 Å². The summed E-state index contributed by atoms with van der Waals surface area (Å²) in [4.78, 5) is 0. The van der Waals surface area contributed by atoms with E-state index < -0.39 is 0 Å². The molecule has 1 aromatic heterocycles. The van der Waals surface area contributed by atoms with E-state index in [9.17, 15) is 0 Å². The van der Waals surface area contributed by atoms with E-state index >= 15 is 0 Å². The molecule has 0 amide bonds. The van der Waals surface area contributed by atoms with Crippen LogP contribution in [0.1, 0.15) is 5.56 Å². The van der Waals surface area contributed by atoms with E-state index in [1.807, 2.05) is 42.5 Å². The molecule has 0 bridgehead atoms. The van der Waals surface area contributed by atoms with Gasteiger partial charge in [0.05, 0.1) is 27.9 Å². The lowest BCUT2D eigenvalue weighted by Gasteiger charge is -2.17. The van der Waals surface area contributed by atoms with E-state index in [0.29, 0.717) is 34.4 Å². The maximum absolute atomic E-state index is 5.52. The number of nitrogens with one attached hydrogen (secondary N) is 2. The van der Waals surface area contributed by atoms with Gasteiger partial charge < -0.3 is 19.6 Å². The number of H-pyrrole nitrogens is 1. The summed E-state index contributed by atoms with van der Waals surface area (Å²) in [5.74, 6) is 2.47. The van der Waals surface area contributed by atoms with Crippen LogP contribution in [0.25, 0.3) is 11.4 Å². The first-order valence-corrected chi connectivity index (χ1v) is 8.35. The van der Waals surface area contributed by atoms with Crippen LogP contribution in [0.3, 0.4) is 0 Å². The highest BCUT2D eigenvalue weighted by Crippen LogP contribution is 2.39. The predicted molar refractivity (Wildman–Crippen MR) is 102 cm³/mol. The third-order valence-electron chi connectivity index (χ3n) is 3.92. The van der Waals surface area contributed by atoms with Crippen LogP contribution >= 0.6 is 12.2 Å². The largest absolute Gasteiger partial charge is 0.493 e. The summed E-state index contributed by atoms with van der Waals surface area (Å²) in [6, 6.07) is 13.6. The molecule has 0 spiro atoms. The van der Waals surface area contributed by atoms with Crippen molar-refractivity contribution >= 4 is 12.2 Å². The zero-order valence-electron chi connectivity index (χ0n) is 14.8. The number of aromatic nitrogens is 3. The molecule has 26 heavy (non-hydrogen) atoms. The zero-order chi connectivity index (χ0) is 18.5. The smallest absolute Gasteiger partial charge is 0.214 e. The molecule has 0 aliphatic carbocycles. The highest BCUT2D eigenvalue weighted by molar-refractivity contribution is 7.71. The average molecular weight is 372 g/mol. The van der Waals surface area contributed by atoms with Gasteiger partial charge in [-0.2, -0.15) is 5.10 Å². The summed E-state index contributed by atoms with van der Waals surface area (Å²) in [5.41, 5.74) is 5.13. The van der Waals surface area contributed by atoms with Gasteiger partial charge in [0.1, 0.15) is 0 Å². The average Bonchev–Trinajstić information content (AvgIpc) is 3.06. The van der Waals surface area contributed by atoms with Crippen molar-refractivity contribution in [3.05, 3.63) is 52.8 Å². The van der Waals surface area contributed by atoms with E-state index in [2.05, 4.69) is 15.6 Å². The Labute approximate surface area is 156 Å². The molecule has 0 unspecified atom stereocenters. The summed E-state index contributed by atoms with van der Waals surface area (Å²) >= 11 is 5.34. The van der Waals surface area contributed by atoms with Crippen molar-refractivity contribution in [1.82, 2.24) is 14.9 Å². The van der Waals surface area contributed by atoms with Crippen molar-refractivity contribution in [3.8, 4) is 28.6 Å². The van der Waals surface area contributed by atoms with Gasteiger partial charge in [0, 0.05) is 11.1 Å². The molecular weight excluding hydrogens is 352 g/mol. The van der Waals surface area contributed by atoms with Gasteiger partial charge in [-0.05, 0) is 24.4 Å². The van der Waals surface area contributed by atoms with Gasteiger partial charge in [0.15, 0.2) is 17.3 Å². The summed E-state index contributed by atoms with van der Waals surface area (Å²) in [5, 5.41) is 7.13. The first-order chi connectivity index (χ1) is 12.7. The van der Waals surface area contributed by atoms with Crippen molar-refractivity contribution < 1.29 is 14.2 Å². The minimum Gasteiger partial charge on any atom is -0.493 e. The SMILES string of the molecule is COc1ccc(CNn2c(-c3ccccc3)n[nH]c2=S)c(OC)c1OC. The Kier molecular flexibility index (Phi) is 5.43. The molecule has 0 atom stereocenters. The lowest BCUT2D eigenvalue weighted by molar-refractivity contribution is 0.322. The fourth-order valence-electron chi connectivity index (χ4n) is 2.69. The lowest BCUT2D eigenvalue weighted by atomic mass is 10.1. The van der Waals surface area contributed by atoms with E-state index in [4.69, 9.17) is 26.4 Å². The van der Waals surface area contributed by atoms with Gasteiger partial charge in [-0.15, -0.1) is 0 Å². The number of rotatable bonds is 7. The normalized spacial score (nSPS) is 10.4. The lowest BCUT2D eigenvalue weighted by Crippen LogP contribution is -2.16. The molecule has 0 saturated heterocycles. The first kappa shape index (κ1) is 17.8. The van der Waals surface area contributed by atoms with Gasteiger partial charge in [-0.25, -0.2) is 9.77 Å². The highest BCUT2D eigenvalue weighted by atomic mass is 32.1. The highest BCUT2D eigenvalue weighted by Gasteiger charge is 2.16. The molecule has 2 aromatic carbocycles. The number of hydrogen-bond donors (Lipinski definition) is 2. The minimum atomic E-state index is 0.456. The van der Waals surface area contributed by atoms with Crippen LogP contribution in [-0.4, -0.2) is 36.2 Å². The van der Waals surface area contributed by atoms with Gasteiger partial charge in [0.25, 0.3) is 0 Å². The standard InChI is InChI=1S/C18H20N4O3S/c1-23-14-10-9-13(15(24-2)16(14)25-3)11-19-22-17(20-21-18(22)26)12-7-5-4-6-8-12/h4-10,19H,11H2,1-3H3,(H,21,26). The molecule has 0 aliphatic rings. The number of hydrogen-bond acceptors (Lipinski definition) is 6. The number of methoxy groups -OCH3 is 3. The summed E-state index contributed by atoms with van der Waals surface area (Å²) in [7, 11) is 4.77. The Bertz CT molecular complexity index is 937. The van der Waals surface area contributed by atoms with Gasteiger partial charge >= 0.3 is 0 Å². The van der Waals surface area contributed by atoms with E-state index in [1.165, 1.54) is 0 Å². The van der Waals surface area contributed by atoms with Crippen LogP contribution < -0.4 is 19.6 Å². The molecule has 2 N–H and O–H groups in total. The third-order valence-corrected chi connectivity index (χ3v) is 4.19. The minimum absolute atomic E-state index is 0.456. The van der Waals surface area contributed by atoms with Crippen LogP contribution in [0.2, 0.25) is 0 Å². The van der Waals surface area contributed by atoms with Crippen molar-refractivity contribution in [2.75, 3.05) is 26.8 Å². The maximum Gasteiger partial charge on any atom is 0.214 e. The van der Waals surface area contributed by atoms with Crippen LogP contribution in [-0.2, 0) is 6.54 Å². The van der Waals surface area contributed by atoms with Crippen LogP contribution in [0, 0.1) is 4.77 Å². The van der Waals surface area contributed by atoms with E-state index in [1.54, 1.807) is 26.0 Å². The number of ether oxygens (including phenoxy) is 3. The van der Waals surface area contributed by atoms with Gasteiger partial charge in [-0.3, -0.25) is 0 Å². The molecule has 7 nitrogen and oxygen atoms in total. The second-order valence-corrected chi connectivity index (χ2v) is 5.77. The molecule has 8 heteroatoms. The fourth-order valence-corrected chi connectivity index (χ4v) is 2.89. The van der Waals surface area contributed by atoms with Crippen LogP contribution in [0.5, 0.6) is 17.2 Å². The molecular formula is C18H20N4O3S. The molecule has 0 fully saturated rings. The Morgan fingerprint density at radius 2 is 1.73 bits per heavy atom. The Balaban J connectivity index is 1.91. The molecule has 0 radical (unpaired) electrons. The second-order valence-electron chi connectivity index (χ2n) is 5.38. The molecule has 0 aliphatic heterocycles.